The van der Waals surface area contributed by atoms with Gasteiger partial charge in [-0.15, -0.1) is 0 Å². The van der Waals surface area contributed by atoms with Gasteiger partial charge in [0.2, 0.25) is 5.70 Å². The Morgan fingerprint density at radius 2 is 1.76 bits per heavy atom. The van der Waals surface area contributed by atoms with Crippen molar-refractivity contribution < 1.29 is 13.6 Å². The van der Waals surface area contributed by atoms with Crippen molar-refractivity contribution in [3.05, 3.63) is 112 Å². The normalized spacial score (nSPS) is 18.8. The Bertz CT molecular complexity index is 1770. The van der Waals surface area contributed by atoms with Gasteiger partial charge in [0.05, 0.1) is 18.0 Å². The minimum absolute atomic E-state index is 0.0423. The average Bonchev–Trinajstić information content (AvgIpc) is 2.90. The SMILES string of the molecule is [C-]#[N+]C1=C[C@]2(C)C(=C(C)C1=O)CCc1c(-c3ccccc3F)nc(-c3ccnc4c(F)cccc34)nc12. The molecule has 37 heavy (non-hydrogen) atoms. The molecule has 0 aliphatic heterocycles. The summed E-state index contributed by atoms with van der Waals surface area (Å²) in [6.45, 7) is 11.3. The molecule has 0 radical (unpaired) electrons. The first kappa shape index (κ1) is 22.9. The van der Waals surface area contributed by atoms with E-state index in [4.69, 9.17) is 16.5 Å². The fourth-order valence-corrected chi connectivity index (χ4v) is 5.62. The van der Waals surface area contributed by atoms with Crippen molar-refractivity contribution >= 4 is 16.7 Å². The van der Waals surface area contributed by atoms with Gasteiger partial charge in [0.1, 0.15) is 17.2 Å². The maximum Gasteiger partial charge on any atom is 0.231 e. The third-order valence-electron chi connectivity index (χ3n) is 7.41. The highest BCUT2D eigenvalue weighted by atomic mass is 19.1. The number of para-hydroxylation sites is 1. The fraction of sp³-hybridized carbons (Fsp3) is 0.167. The molecule has 0 spiro atoms. The minimum Gasteiger partial charge on any atom is -0.303 e. The highest BCUT2D eigenvalue weighted by Crippen LogP contribution is 2.49. The van der Waals surface area contributed by atoms with E-state index < -0.39 is 17.0 Å². The Morgan fingerprint density at radius 3 is 2.54 bits per heavy atom. The molecule has 180 valence electrons. The summed E-state index contributed by atoms with van der Waals surface area (Å²) < 4.78 is 29.7. The molecule has 7 heteroatoms. The van der Waals surface area contributed by atoms with Gasteiger partial charge in [0, 0.05) is 33.7 Å². The van der Waals surface area contributed by atoms with Crippen molar-refractivity contribution in [3.8, 4) is 22.6 Å². The summed E-state index contributed by atoms with van der Waals surface area (Å²) in [5, 5.41) is 0.533. The van der Waals surface area contributed by atoms with Gasteiger partial charge in [-0.2, -0.15) is 0 Å². The minimum atomic E-state index is -0.850. The summed E-state index contributed by atoms with van der Waals surface area (Å²) >= 11 is 0. The van der Waals surface area contributed by atoms with Gasteiger partial charge in [-0.1, -0.05) is 30.3 Å². The van der Waals surface area contributed by atoms with Crippen LogP contribution < -0.4 is 0 Å². The molecular weight excluding hydrogens is 470 g/mol. The first-order valence-electron chi connectivity index (χ1n) is 11.9. The van der Waals surface area contributed by atoms with E-state index in [1.807, 2.05) is 6.92 Å². The van der Waals surface area contributed by atoms with Gasteiger partial charge in [-0.3, -0.25) is 4.98 Å². The van der Waals surface area contributed by atoms with Crippen molar-refractivity contribution in [2.75, 3.05) is 0 Å². The topological polar surface area (TPSA) is 60.1 Å². The lowest BCUT2D eigenvalue weighted by Gasteiger charge is -2.39. The highest BCUT2D eigenvalue weighted by Gasteiger charge is 2.43. The number of carbonyl (C=O) groups excluding carboxylic acids is 1. The molecule has 1 atom stereocenters. The smallest absolute Gasteiger partial charge is 0.231 e. The summed E-state index contributed by atoms with van der Waals surface area (Å²) in [5.41, 5.74) is 3.56. The summed E-state index contributed by atoms with van der Waals surface area (Å²) in [6, 6.07) is 12.8. The fourth-order valence-electron chi connectivity index (χ4n) is 5.62. The summed E-state index contributed by atoms with van der Waals surface area (Å²) in [4.78, 5) is 30.3. The van der Waals surface area contributed by atoms with E-state index in [2.05, 4.69) is 9.83 Å². The number of hydrogen-bond acceptors (Lipinski definition) is 4. The number of pyridine rings is 1. The van der Waals surface area contributed by atoms with E-state index in [1.165, 1.54) is 18.3 Å². The van der Waals surface area contributed by atoms with Gasteiger partial charge in [0.25, 0.3) is 0 Å². The van der Waals surface area contributed by atoms with Crippen LogP contribution >= 0.6 is 0 Å². The molecule has 0 unspecified atom stereocenters. The summed E-state index contributed by atoms with van der Waals surface area (Å²) in [5.74, 6) is -0.858. The lowest BCUT2D eigenvalue weighted by atomic mass is 9.65. The summed E-state index contributed by atoms with van der Waals surface area (Å²) in [7, 11) is 0. The number of allylic oxidation sites excluding steroid dienone is 3. The highest BCUT2D eigenvalue weighted by molar-refractivity contribution is 6.11. The van der Waals surface area contributed by atoms with E-state index in [1.54, 1.807) is 49.4 Å². The zero-order valence-corrected chi connectivity index (χ0v) is 20.1. The van der Waals surface area contributed by atoms with Crippen LogP contribution in [0.3, 0.4) is 0 Å². The Morgan fingerprint density at radius 1 is 0.973 bits per heavy atom. The van der Waals surface area contributed by atoms with E-state index in [0.717, 1.165) is 11.1 Å². The van der Waals surface area contributed by atoms with E-state index in [-0.39, 0.29) is 17.0 Å². The zero-order valence-electron chi connectivity index (χ0n) is 20.1. The van der Waals surface area contributed by atoms with Crippen molar-refractivity contribution in [1.82, 2.24) is 15.0 Å². The van der Waals surface area contributed by atoms with Crippen LogP contribution in [-0.4, -0.2) is 20.7 Å². The molecule has 2 aromatic carbocycles. The Kier molecular flexibility index (Phi) is 5.09. The van der Waals surface area contributed by atoms with E-state index in [0.29, 0.717) is 52.1 Å². The largest absolute Gasteiger partial charge is 0.303 e. The number of fused-ring (bicyclic) bond motifs is 4. The number of carbonyl (C=O) groups is 1. The molecular formula is C30H20F2N4O. The second-order valence-corrected chi connectivity index (χ2v) is 9.47. The lowest BCUT2D eigenvalue weighted by Crippen LogP contribution is -2.36. The number of aromatic nitrogens is 3. The van der Waals surface area contributed by atoms with Crippen LogP contribution in [0.15, 0.2) is 77.6 Å². The van der Waals surface area contributed by atoms with E-state index in [9.17, 15) is 9.18 Å². The van der Waals surface area contributed by atoms with Gasteiger partial charge >= 0.3 is 0 Å². The van der Waals surface area contributed by atoms with Crippen LogP contribution in [0.2, 0.25) is 0 Å². The monoisotopic (exact) mass is 490 g/mol. The molecule has 6 rings (SSSR count). The molecule has 2 aliphatic rings. The molecule has 4 aromatic rings. The Hall–Kier alpha value is -4.57. The number of Topliss-reactive ketones (excluding diaryl/α,β-unsaturated/α-hetero) is 1. The molecule has 2 aliphatic carbocycles. The van der Waals surface area contributed by atoms with Crippen molar-refractivity contribution in [1.29, 1.82) is 0 Å². The predicted molar refractivity (Wildman–Crippen MR) is 136 cm³/mol. The van der Waals surface area contributed by atoms with Crippen molar-refractivity contribution in [2.24, 2.45) is 0 Å². The maximum absolute atomic E-state index is 15.1. The van der Waals surface area contributed by atoms with Gasteiger partial charge < -0.3 is 4.79 Å². The molecule has 0 amide bonds. The number of ketones is 1. The molecule has 0 saturated carbocycles. The summed E-state index contributed by atoms with van der Waals surface area (Å²) in [6.07, 6.45) is 4.26. The lowest BCUT2D eigenvalue weighted by molar-refractivity contribution is -0.112. The number of benzene rings is 2. The van der Waals surface area contributed by atoms with Crippen LogP contribution in [-0.2, 0) is 16.6 Å². The van der Waals surface area contributed by atoms with Gasteiger partial charge in [-0.05, 0) is 62.1 Å². The Balaban J connectivity index is 1.72. The van der Waals surface area contributed by atoms with Crippen molar-refractivity contribution in [2.45, 2.75) is 32.1 Å². The van der Waals surface area contributed by atoms with Crippen LogP contribution in [0.25, 0.3) is 38.4 Å². The molecule has 2 aromatic heterocycles. The number of halogens is 2. The zero-order chi connectivity index (χ0) is 25.9. The predicted octanol–water partition coefficient (Wildman–Crippen LogP) is 6.54. The number of rotatable bonds is 2. The molecule has 0 fully saturated rings. The van der Waals surface area contributed by atoms with Crippen LogP contribution in [0, 0.1) is 18.2 Å². The molecule has 0 bridgehead atoms. The van der Waals surface area contributed by atoms with Gasteiger partial charge in [0.15, 0.2) is 11.6 Å². The molecule has 0 N–H and O–H groups in total. The first-order chi connectivity index (χ1) is 17.8. The van der Waals surface area contributed by atoms with Crippen LogP contribution in [0.1, 0.15) is 31.5 Å². The first-order valence-corrected chi connectivity index (χ1v) is 11.9. The molecule has 0 saturated heterocycles. The average molecular weight is 491 g/mol. The third-order valence-corrected chi connectivity index (χ3v) is 7.41. The quantitative estimate of drug-likeness (QED) is 0.299. The third kappa shape index (κ3) is 3.33. The second kappa shape index (κ2) is 8.24. The molecule has 2 heterocycles. The molecule has 5 nitrogen and oxygen atoms in total. The second-order valence-electron chi connectivity index (χ2n) is 9.47. The van der Waals surface area contributed by atoms with E-state index >= 15 is 4.39 Å². The Labute approximate surface area is 212 Å². The number of nitrogens with zero attached hydrogens (tertiary/aromatic N) is 4. The number of hydrogen-bond donors (Lipinski definition) is 0. The van der Waals surface area contributed by atoms with Crippen LogP contribution in [0.5, 0.6) is 0 Å². The van der Waals surface area contributed by atoms with Crippen molar-refractivity contribution in [3.63, 3.8) is 0 Å². The standard InChI is InChI=1S/C30H20F2N4O/c1-16-21-12-11-20-25(19-7-4-5-9-22(19)31)35-29(18-13-14-34-26-17(18)8-6-10-23(26)32)36-28(20)30(21,2)15-24(33-3)27(16)37/h4-10,13-15H,11-12H2,1-2H3/t30-/m1/s1. The maximum atomic E-state index is 15.1. The van der Waals surface area contributed by atoms with Gasteiger partial charge in [-0.25, -0.2) is 23.6 Å². The van der Waals surface area contributed by atoms with Crippen LogP contribution in [0.4, 0.5) is 8.78 Å².